The van der Waals surface area contributed by atoms with Gasteiger partial charge in [0.15, 0.2) is 0 Å². The molecule has 4 heteroatoms. The van der Waals surface area contributed by atoms with Gasteiger partial charge in [-0.25, -0.2) is 0 Å². The Labute approximate surface area is 118 Å². The van der Waals surface area contributed by atoms with E-state index < -0.39 is 0 Å². The van der Waals surface area contributed by atoms with Crippen molar-refractivity contribution in [2.24, 2.45) is 5.73 Å². The highest BCUT2D eigenvalue weighted by molar-refractivity contribution is 9.10. The van der Waals surface area contributed by atoms with Crippen LogP contribution in [0.25, 0.3) is 0 Å². The quantitative estimate of drug-likeness (QED) is 0.839. The lowest BCUT2D eigenvalue weighted by Gasteiger charge is -2.27. The molecule has 0 aliphatic heterocycles. The van der Waals surface area contributed by atoms with E-state index in [-0.39, 0.29) is 18.2 Å². The van der Waals surface area contributed by atoms with Crippen LogP contribution in [0.15, 0.2) is 28.7 Å². The Morgan fingerprint density at radius 2 is 2.11 bits per heavy atom. The number of halogens is 1. The first-order valence-corrected chi connectivity index (χ1v) is 7.03. The van der Waals surface area contributed by atoms with Gasteiger partial charge in [0, 0.05) is 17.6 Å². The second-order valence-corrected chi connectivity index (χ2v) is 5.37. The first kappa shape index (κ1) is 15.6. The standard InChI is InChI=1S/C14H22BrNO2/c1-4-13(16)14(18-10(2)9-17-3)11-6-5-7-12(15)8-11/h5-8,10,13-14H,4,9,16H2,1-3H3. The maximum absolute atomic E-state index is 6.16. The monoisotopic (exact) mass is 315 g/mol. The SMILES string of the molecule is CCC(N)C(OC(C)COC)c1cccc(Br)c1. The number of ether oxygens (including phenoxy) is 2. The minimum atomic E-state index is -0.0994. The molecule has 18 heavy (non-hydrogen) atoms. The maximum atomic E-state index is 6.16. The molecule has 0 fully saturated rings. The number of nitrogens with two attached hydrogens (primary N) is 1. The smallest absolute Gasteiger partial charge is 0.0980 e. The Hall–Kier alpha value is -0.420. The molecule has 1 aromatic rings. The Bertz CT molecular complexity index is 359. The summed E-state index contributed by atoms with van der Waals surface area (Å²) < 4.78 is 12.2. The molecule has 102 valence electrons. The Morgan fingerprint density at radius 1 is 1.39 bits per heavy atom. The van der Waals surface area contributed by atoms with Gasteiger partial charge in [-0.05, 0) is 31.0 Å². The molecule has 3 atom stereocenters. The van der Waals surface area contributed by atoms with Gasteiger partial charge in [-0.2, -0.15) is 0 Å². The molecule has 1 rings (SSSR count). The van der Waals surface area contributed by atoms with Crippen LogP contribution in [0.5, 0.6) is 0 Å². The summed E-state index contributed by atoms with van der Waals surface area (Å²) in [5.41, 5.74) is 7.26. The highest BCUT2D eigenvalue weighted by atomic mass is 79.9. The molecule has 0 spiro atoms. The van der Waals surface area contributed by atoms with E-state index in [2.05, 4.69) is 28.9 Å². The van der Waals surface area contributed by atoms with Crippen molar-refractivity contribution in [2.45, 2.75) is 38.5 Å². The summed E-state index contributed by atoms with van der Waals surface area (Å²) in [6.45, 7) is 4.64. The van der Waals surface area contributed by atoms with E-state index in [0.717, 1.165) is 16.5 Å². The van der Waals surface area contributed by atoms with Crippen molar-refractivity contribution in [1.82, 2.24) is 0 Å². The topological polar surface area (TPSA) is 44.5 Å². The van der Waals surface area contributed by atoms with Crippen molar-refractivity contribution in [1.29, 1.82) is 0 Å². The molecule has 0 saturated carbocycles. The van der Waals surface area contributed by atoms with Crippen molar-refractivity contribution < 1.29 is 9.47 Å². The molecule has 3 unspecified atom stereocenters. The first-order valence-electron chi connectivity index (χ1n) is 6.23. The fourth-order valence-electron chi connectivity index (χ4n) is 1.85. The Balaban J connectivity index is 2.84. The predicted molar refractivity (Wildman–Crippen MR) is 77.6 cm³/mol. The van der Waals surface area contributed by atoms with Crippen LogP contribution in [-0.4, -0.2) is 25.9 Å². The zero-order valence-electron chi connectivity index (χ0n) is 11.2. The van der Waals surface area contributed by atoms with Crippen LogP contribution in [0.3, 0.4) is 0 Å². The molecule has 3 nitrogen and oxygen atoms in total. The average Bonchev–Trinajstić information content (AvgIpc) is 2.35. The summed E-state index contributed by atoms with van der Waals surface area (Å²) in [5.74, 6) is 0. The fourth-order valence-corrected chi connectivity index (χ4v) is 2.27. The molecule has 0 saturated heterocycles. The minimum Gasteiger partial charge on any atom is -0.382 e. The highest BCUT2D eigenvalue weighted by Gasteiger charge is 2.21. The van der Waals surface area contributed by atoms with Crippen LogP contribution < -0.4 is 5.73 Å². The molecule has 2 N–H and O–H groups in total. The van der Waals surface area contributed by atoms with Crippen LogP contribution >= 0.6 is 15.9 Å². The summed E-state index contributed by atoms with van der Waals surface area (Å²) in [6, 6.07) is 8.08. The van der Waals surface area contributed by atoms with E-state index in [9.17, 15) is 0 Å². The van der Waals surface area contributed by atoms with E-state index >= 15 is 0 Å². The van der Waals surface area contributed by atoms with Gasteiger partial charge in [-0.3, -0.25) is 0 Å². The lowest BCUT2D eigenvalue weighted by atomic mass is 10.0. The van der Waals surface area contributed by atoms with Crippen LogP contribution in [0.4, 0.5) is 0 Å². The molecule has 0 aliphatic rings. The van der Waals surface area contributed by atoms with Gasteiger partial charge in [0.2, 0.25) is 0 Å². The van der Waals surface area contributed by atoms with Crippen LogP contribution in [0.1, 0.15) is 31.9 Å². The van der Waals surface area contributed by atoms with E-state index in [1.807, 2.05) is 25.1 Å². The molecular formula is C14H22BrNO2. The second kappa shape index (κ2) is 7.89. The van der Waals surface area contributed by atoms with Gasteiger partial charge in [0.25, 0.3) is 0 Å². The number of hydrogen-bond acceptors (Lipinski definition) is 3. The van der Waals surface area contributed by atoms with Gasteiger partial charge in [-0.15, -0.1) is 0 Å². The lowest BCUT2D eigenvalue weighted by molar-refractivity contribution is -0.0507. The normalized spacial score (nSPS) is 16.3. The van der Waals surface area contributed by atoms with E-state index in [0.29, 0.717) is 6.61 Å². The zero-order chi connectivity index (χ0) is 13.5. The van der Waals surface area contributed by atoms with Gasteiger partial charge >= 0.3 is 0 Å². The van der Waals surface area contributed by atoms with Gasteiger partial charge in [0.1, 0.15) is 0 Å². The summed E-state index contributed by atoms with van der Waals surface area (Å²) in [6.07, 6.45) is 0.797. The van der Waals surface area contributed by atoms with Crippen LogP contribution in [-0.2, 0) is 9.47 Å². The van der Waals surface area contributed by atoms with Gasteiger partial charge in [-0.1, -0.05) is 35.0 Å². The minimum absolute atomic E-state index is 0.0152. The van der Waals surface area contributed by atoms with Crippen molar-refractivity contribution in [3.05, 3.63) is 34.3 Å². The third kappa shape index (κ3) is 4.69. The number of methoxy groups -OCH3 is 1. The molecule has 1 aromatic carbocycles. The van der Waals surface area contributed by atoms with Crippen molar-refractivity contribution >= 4 is 15.9 Å². The lowest BCUT2D eigenvalue weighted by Crippen LogP contribution is -2.33. The molecule has 0 aromatic heterocycles. The van der Waals surface area contributed by atoms with Crippen molar-refractivity contribution in [3.63, 3.8) is 0 Å². The molecule has 0 aliphatic carbocycles. The Morgan fingerprint density at radius 3 is 2.67 bits per heavy atom. The summed E-state index contributed by atoms with van der Waals surface area (Å²) >= 11 is 3.48. The molecule has 0 radical (unpaired) electrons. The first-order chi connectivity index (χ1) is 8.58. The Kier molecular flexibility index (Phi) is 6.86. The van der Waals surface area contributed by atoms with Crippen LogP contribution in [0, 0.1) is 0 Å². The number of hydrogen-bond donors (Lipinski definition) is 1. The van der Waals surface area contributed by atoms with Crippen LogP contribution in [0.2, 0.25) is 0 Å². The fraction of sp³-hybridized carbons (Fsp3) is 0.571. The van der Waals surface area contributed by atoms with Gasteiger partial charge in [0.05, 0.1) is 18.8 Å². The van der Waals surface area contributed by atoms with E-state index in [4.69, 9.17) is 15.2 Å². The molecule has 0 bridgehead atoms. The highest BCUT2D eigenvalue weighted by Crippen LogP contribution is 2.26. The molecular weight excluding hydrogens is 294 g/mol. The zero-order valence-corrected chi connectivity index (χ0v) is 12.8. The van der Waals surface area contributed by atoms with E-state index in [1.54, 1.807) is 7.11 Å². The summed E-state index contributed by atoms with van der Waals surface area (Å²) in [4.78, 5) is 0. The largest absolute Gasteiger partial charge is 0.382 e. The molecule has 0 amide bonds. The summed E-state index contributed by atoms with van der Waals surface area (Å²) in [7, 11) is 1.67. The van der Waals surface area contributed by atoms with Crippen molar-refractivity contribution in [3.8, 4) is 0 Å². The average molecular weight is 316 g/mol. The molecule has 0 heterocycles. The number of rotatable bonds is 7. The predicted octanol–water partition coefficient (Wildman–Crippen LogP) is 3.28. The maximum Gasteiger partial charge on any atom is 0.0980 e. The third-order valence-corrected chi connectivity index (χ3v) is 3.31. The second-order valence-electron chi connectivity index (χ2n) is 4.45. The number of benzene rings is 1. The van der Waals surface area contributed by atoms with Gasteiger partial charge < -0.3 is 15.2 Å². The van der Waals surface area contributed by atoms with E-state index in [1.165, 1.54) is 0 Å². The summed E-state index contributed by atoms with van der Waals surface area (Å²) in [5, 5.41) is 0. The third-order valence-electron chi connectivity index (χ3n) is 2.82. The van der Waals surface area contributed by atoms with Crippen molar-refractivity contribution in [2.75, 3.05) is 13.7 Å².